The SMILES string of the molecule is N#Cc1cc(Cl)ccc1Nc1cc(C(F)(F)F)ccc1Br. The van der Waals surface area contributed by atoms with Gasteiger partial charge in [-0.25, -0.2) is 0 Å². The summed E-state index contributed by atoms with van der Waals surface area (Å²) < 4.78 is 38.6. The number of rotatable bonds is 2. The fourth-order valence-corrected chi connectivity index (χ4v) is 2.18. The Labute approximate surface area is 132 Å². The van der Waals surface area contributed by atoms with Crippen LogP contribution >= 0.6 is 27.5 Å². The lowest BCUT2D eigenvalue weighted by Gasteiger charge is -2.13. The van der Waals surface area contributed by atoms with Gasteiger partial charge < -0.3 is 5.32 Å². The molecular formula is C14H7BrClF3N2. The molecule has 0 aliphatic rings. The Morgan fingerprint density at radius 1 is 1.10 bits per heavy atom. The summed E-state index contributed by atoms with van der Waals surface area (Å²) in [5.41, 5.74) is 0.0538. The van der Waals surface area contributed by atoms with Gasteiger partial charge in [-0.1, -0.05) is 11.6 Å². The van der Waals surface area contributed by atoms with Crippen LogP contribution in [0.5, 0.6) is 0 Å². The second kappa shape index (κ2) is 5.96. The van der Waals surface area contributed by atoms with Crippen LogP contribution in [0.4, 0.5) is 24.5 Å². The van der Waals surface area contributed by atoms with Gasteiger partial charge in [-0.05, 0) is 52.3 Å². The first-order valence-corrected chi connectivity index (χ1v) is 6.82. The highest BCUT2D eigenvalue weighted by atomic mass is 79.9. The number of hydrogen-bond acceptors (Lipinski definition) is 2. The van der Waals surface area contributed by atoms with Gasteiger partial charge >= 0.3 is 6.18 Å². The van der Waals surface area contributed by atoms with Gasteiger partial charge in [0.1, 0.15) is 6.07 Å². The largest absolute Gasteiger partial charge is 0.416 e. The number of nitrogens with one attached hydrogen (secondary N) is 1. The molecule has 0 aliphatic carbocycles. The molecule has 0 atom stereocenters. The van der Waals surface area contributed by atoms with Gasteiger partial charge in [-0.3, -0.25) is 0 Å². The van der Waals surface area contributed by atoms with Gasteiger partial charge in [0.25, 0.3) is 0 Å². The lowest BCUT2D eigenvalue weighted by Crippen LogP contribution is -2.05. The molecule has 0 aliphatic heterocycles. The van der Waals surface area contributed by atoms with Crippen LogP contribution in [0.25, 0.3) is 0 Å². The summed E-state index contributed by atoms with van der Waals surface area (Å²) in [6.07, 6.45) is -4.44. The molecule has 0 fully saturated rings. The molecule has 2 rings (SSSR count). The smallest absolute Gasteiger partial charge is 0.354 e. The van der Waals surface area contributed by atoms with Gasteiger partial charge in [0.05, 0.1) is 22.5 Å². The highest BCUT2D eigenvalue weighted by Gasteiger charge is 2.30. The first-order valence-electron chi connectivity index (χ1n) is 5.64. The van der Waals surface area contributed by atoms with Crippen LogP contribution in [0.1, 0.15) is 11.1 Å². The lowest BCUT2D eigenvalue weighted by atomic mass is 10.1. The van der Waals surface area contributed by atoms with Crippen molar-refractivity contribution in [3.63, 3.8) is 0 Å². The van der Waals surface area contributed by atoms with Crippen LogP contribution in [-0.2, 0) is 6.18 Å². The van der Waals surface area contributed by atoms with Gasteiger partial charge in [-0.2, -0.15) is 18.4 Å². The van der Waals surface area contributed by atoms with E-state index in [0.29, 0.717) is 15.2 Å². The van der Waals surface area contributed by atoms with E-state index in [4.69, 9.17) is 16.9 Å². The Morgan fingerprint density at radius 2 is 1.81 bits per heavy atom. The predicted molar refractivity (Wildman–Crippen MR) is 78.6 cm³/mol. The van der Waals surface area contributed by atoms with Crippen LogP contribution in [0.15, 0.2) is 40.9 Å². The Kier molecular flexibility index (Phi) is 4.45. The van der Waals surface area contributed by atoms with Gasteiger partial charge in [0, 0.05) is 9.50 Å². The molecule has 0 radical (unpaired) electrons. The molecule has 0 saturated heterocycles. The third-order valence-electron chi connectivity index (χ3n) is 2.67. The number of alkyl halides is 3. The minimum Gasteiger partial charge on any atom is -0.354 e. The van der Waals surface area contributed by atoms with Crippen molar-refractivity contribution >= 4 is 38.9 Å². The maximum absolute atomic E-state index is 12.7. The van der Waals surface area contributed by atoms with Crippen molar-refractivity contribution in [1.29, 1.82) is 5.26 Å². The van der Waals surface area contributed by atoms with E-state index in [9.17, 15) is 13.2 Å². The molecule has 2 aromatic carbocycles. The zero-order chi connectivity index (χ0) is 15.6. The number of hydrogen-bond donors (Lipinski definition) is 1. The van der Waals surface area contributed by atoms with E-state index in [1.807, 2.05) is 6.07 Å². The van der Waals surface area contributed by atoms with E-state index in [2.05, 4.69) is 21.2 Å². The summed E-state index contributed by atoms with van der Waals surface area (Å²) in [5.74, 6) is 0. The van der Waals surface area contributed by atoms with E-state index < -0.39 is 11.7 Å². The molecule has 0 bridgehead atoms. The maximum Gasteiger partial charge on any atom is 0.416 e. The van der Waals surface area contributed by atoms with Crippen molar-refractivity contribution in [1.82, 2.24) is 0 Å². The first-order chi connectivity index (χ1) is 9.81. The standard InChI is InChI=1S/C14H7BrClF3N2/c15-11-3-1-9(14(17,18)19)6-13(11)21-12-4-2-10(16)5-8(12)7-20/h1-6,21H. The number of anilines is 2. The van der Waals surface area contributed by atoms with Crippen LogP contribution in [0.2, 0.25) is 5.02 Å². The zero-order valence-electron chi connectivity index (χ0n) is 10.3. The number of halogens is 5. The summed E-state index contributed by atoms with van der Waals surface area (Å²) >= 11 is 8.95. The van der Waals surface area contributed by atoms with Gasteiger partial charge in [0.2, 0.25) is 0 Å². The second-order valence-electron chi connectivity index (χ2n) is 4.12. The fraction of sp³-hybridized carbons (Fsp3) is 0.0714. The molecule has 1 N–H and O–H groups in total. The van der Waals surface area contributed by atoms with E-state index in [1.54, 1.807) is 6.07 Å². The molecule has 0 amide bonds. The number of nitrogens with zero attached hydrogens (tertiary/aromatic N) is 1. The fourth-order valence-electron chi connectivity index (χ4n) is 1.66. The summed E-state index contributed by atoms with van der Waals surface area (Å²) in [6.45, 7) is 0. The molecule has 0 saturated carbocycles. The average molecular weight is 376 g/mol. The maximum atomic E-state index is 12.7. The van der Waals surface area contributed by atoms with E-state index >= 15 is 0 Å². The molecule has 0 unspecified atom stereocenters. The average Bonchev–Trinajstić information content (AvgIpc) is 2.41. The molecule has 21 heavy (non-hydrogen) atoms. The number of benzene rings is 2. The highest BCUT2D eigenvalue weighted by Crippen LogP contribution is 2.35. The molecule has 108 valence electrons. The Morgan fingerprint density at radius 3 is 2.43 bits per heavy atom. The first kappa shape index (κ1) is 15.7. The van der Waals surface area contributed by atoms with Crippen molar-refractivity contribution in [3.05, 3.63) is 57.0 Å². The Bertz CT molecular complexity index is 723. The molecule has 0 aromatic heterocycles. The van der Waals surface area contributed by atoms with Crippen LogP contribution < -0.4 is 5.32 Å². The lowest BCUT2D eigenvalue weighted by molar-refractivity contribution is -0.137. The van der Waals surface area contributed by atoms with E-state index in [-0.39, 0.29) is 11.3 Å². The minimum atomic E-state index is -4.44. The summed E-state index contributed by atoms with van der Waals surface area (Å²) in [7, 11) is 0. The predicted octanol–water partition coefficient (Wildman–Crippen LogP) is 5.74. The van der Waals surface area contributed by atoms with Crippen molar-refractivity contribution < 1.29 is 13.2 Å². The molecule has 0 heterocycles. The Hall–Kier alpha value is -1.71. The van der Waals surface area contributed by atoms with Crippen LogP contribution in [-0.4, -0.2) is 0 Å². The molecule has 2 aromatic rings. The zero-order valence-corrected chi connectivity index (χ0v) is 12.6. The van der Waals surface area contributed by atoms with Gasteiger partial charge in [0.15, 0.2) is 0 Å². The van der Waals surface area contributed by atoms with Crippen molar-refractivity contribution in [3.8, 4) is 6.07 Å². The van der Waals surface area contributed by atoms with Crippen LogP contribution in [0.3, 0.4) is 0 Å². The number of nitriles is 1. The summed E-state index contributed by atoms with van der Waals surface area (Å²) in [5, 5.41) is 12.2. The summed E-state index contributed by atoms with van der Waals surface area (Å²) in [4.78, 5) is 0. The minimum absolute atomic E-state index is 0.212. The van der Waals surface area contributed by atoms with E-state index in [0.717, 1.165) is 12.1 Å². The summed E-state index contributed by atoms with van der Waals surface area (Å²) in [6, 6.07) is 9.70. The van der Waals surface area contributed by atoms with Crippen molar-refractivity contribution in [2.75, 3.05) is 5.32 Å². The van der Waals surface area contributed by atoms with Crippen molar-refractivity contribution in [2.24, 2.45) is 0 Å². The van der Waals surface area contributed by atoms with Crippen molar-refractivity contribution in [2.45, 2.75) is 6.18 Å². The van der Waals surface area contributed by atoms with Crippen LogP contribution in [0, 0.1) is 11.3 Å². The molecule has 7 heteroatoms. The van der Waals surface area contributed by atoms with E-state index in [1.165, 1.54) is 18.2 Å². The molecule has 0 spiro atoms. The highest BCUT2D eigenvalue weighted by molar-refractivity contribution is 9.10. The molecule has 2 nitrogen and oxygen atoms in total. The monoisotopic (exact) mass is 374 g/mol. The third-order valence-corrected chi connectivity index (χ3v) is 3.59. The topological polar surface area (TPSA) is 35.8 Å². The third kappa shape index (κ3) is 3.69. The second-order valence-corrected chi connectivity index (χ2v) is 5.41. The Balaban J connectivity index is 2.43. The van der Waals surface area contributed by atoms with Gasteiger partial charge in [-0.15, -0.1) is 0 Å². The molecular weight excluding hydrogens is 369 g/mol. The quantitative estimate of drug-likeness (QED) is 0.727. The normalized spacial score (nSPS) is 11.0.